The molecule has 23 heavy (non-hydrogen) atoms. The molecule has 1 aromatic carbocycles. The van der Waals surface area contributed by atoms with Crippen LogP contribution in [0.3, 0.4) is 0 Å². The Bertz CT molecular complexity index is 890. The number of methoxy groups -OCH3 is 1. The van der Waals surface area contributed by atoms with Gasteiger partial charge in [0.25, 0.3) is 0 Å². The van der Waals surface area contributed by atoms with Crippen molar-refractivity contribution in [3.05, 3.63) is 44.4 Å². The van der Waals surface area contributed by atoms with Gasteiger partial charge in [-0.25, -0.2) is 9.18 Å². The summed E-state index contributed by atoms with van der Waals surface area (Å²) < 4.78 is 21.2. The van der Waals surface area contributed by atoms with Gasteiger partial charge in [0.15, 0.2) is 5.82 Å². The van der Waals surface area contributed by atoms with Crippen LogP contribution < -0.4 is 5.32 Å². The van der Waals surface area contributed by atoms with Crippen LogP contribution in [0.2, 0.25) is 0 Å². The molecule has 0 spiro atoms. The summed E-state index contributed by atoms with van der Waals surface area (Å²) >= 11 is 4.67. The van der Waals surface area contributed by atoms with Gasteiger partial charge in [0.2, 0.25) is 0 Å². The lowest BCUT2D eigenvalue weighted by molar-refractivity contribution is 0.0605. The Morgan fingerprint density at radius 2 is 2.26 bits per heavy atom. The average molecular weight is 398 g/mol. The van der Waals surface area contributed by atoms with E-state index in [0.717, 1.165) is 14.7 Å². The fraction of sp³-hybridized carbons (Fsp3) is 0.200. The second-order valence-corrected chi connectivity index (χ2v) is 7.38. The molecule has 0 bridgehead atoms. The maximum Gasteiger partial charge on any atom is 0.348 e. The molecule has 3 aromatic rings. The molecule has 0 saturated heterocycles. The van der Waals surface area contributed by atoms with Crippen LogP contribution in [0.25, 0.3) is 10.9 Å². The predicted octanol–water partition coefficient (Wildman–Crippen LogP) is 3.94. The fourth-order valence-electron chi connectivity index (χ4n) is 2.30. The highest BCUT2D eigenvalue weighted by Crippen LogP contribution is 2.29. The third-order valence-electron chi connectivity index (χ3n) is 3.31. The molecule has 0 aliphatic rings. The van der Waals surface area contributed by atoms with Crippen LogP contribution in [0.15, 0.2) is 28.2 Å². The number of benzene rings is 1. The molecule has 0 aliphatic heterocycles. The number of esters is 1. The minimum atomic E-state index is -0.384. The highest BCUT2D eigenvalue weighted by atomic mass is 79.9. The summed E-state index contributed by atoms with van der Waals surface area (Å²) in [5.74, 6) is -0.767. The molecule has 1 N–H and O–H groups in total. The third-order valence-corrected chi connectivity index (χ3v) is 4.97. The van der Waals surface area contributed by atoms with Crippen molar-refractivity contribution in [2.45, 2.75) is 6.54 Å². The Balaban J connectivity index is 1.85. The molecular formula is C15H13BrFN3O2S. The fourth-order valence-corrected chi connectivity index (χ4v) is 3.89. The minimum absolute atomic E-state index is 0.339. The minimum Gasteiger partial charge on any atom is -0.465 e. The molecule has 0 unspecified atom stereocenters. The number of nitrogens with zero attached hydrogens (tertiary/aromatic N) is 2. The zero-order valence-corrected chi connectivity index (χ0v) is 14.8. The molecule has 0 fully saturated rings. The number of carbonyl (C=O) groups excluding carboxylic acids is 1. The number of nitrogens with one attached hydrogen (secondary N) is 1. The number of rotatable bonds is 4. The second kappa shape index (κ2) is 6.29. The predicted molar refractivity (Wildman–Crippen MR) is 91.4 cm³/mol. The van der Waals surface area contributed by atoms with Gasteiger partial charge in [0.05, 0.1) is 10.9 Å². The van der Waals surface area contributed by atoms with E-state index in [-0.39, 0.29) is 11.8 Å². The van der Waals surface area contributed by atoms with Gasteiger partial charge in [-0.05, 0) is 39.7 Å². The first-order chi connectivity index (χ1) is 11.0. The molecule has 3 rings (SSSR count). The zero-order chi connectivity index (χ0) is 16.6. The van der Waals surface area contributed by atoms with E-state index in [1.165, 1.54) is 24.5 Å². The summed E-state index contributed by atoms with van der Waals surface area (Å²) in [4.78, 5) is 12.3. The summed E-state index contributed by atoms with van der Waals surface area (Å²) in [6.45, 7) is 0.387. The summed E-state index contributed by atoms with van der Waals surface area (Å²) in [7, 11) is 3.09. The van der Waals surface area contributed by atoms with Crippen molar-refractivity contribution in [1.29, 1.82) is 0 Å². The largest absolute Gasteiger partial charge is 0.465 e. The van der Waals surface area contributed by atoms with Crippen molar-refractivity contribution >= 4 is 49.8 Å². The topological polar surface area (TPSA) is 56.1 Å². The van der Waals surface area contributed by atoms with Gasteiger partial charge in [-0.3, -0.25) is 4.68 Å². The normalized spacial score (nSPS) is 11.0. The van der Waals surface area contributed by atoms with Gasteiger partial charge in [-0.15, -0.1) is 11.3 Å². The number of anilines is 1. The SMILES string of the molecule is COC(=O)c1sc(Br)cc1CNc1cc(F)c2nn(C)cc2c1. The van der Waals surface area contributed by atoms with Gasteiger partial charge in [-0.1, -0.05) is 0 Å². The van der Waals surface area contributed by atoms with Crippen LogP contribution in [0.1, 0.15) is 15.2 Å². The summed E-state index contributed by atoms with van der Waals surface area (Å²) in [6, 6.07) is 5.07. The molecule has 0 radical (unpaired) electrons. The van der Waals surface area contributed by atoms with Crippen molar-refractivity contribution in [3.8, 4) is 0 Å². The third kappa shape index (κ3) is 3.23. The Morgan fingerprint density at radius 1 is 1.48 bits per heavy atom. The van der Waals surface area contributed by atoms with E-state index in [9.17, 15) is 9.18 Å². The van der Waals surface area contributed by atoms with Crippen LogP contribution in [-0.2, 0) is 18.3 Å². The van der Waals surface area contributed by atoms with Gasteiger partial charge in [-0.2, -0.15) is 5.10 Å². The number of halogens is 2. The van der Waals surface area contributed by atoms with Crippen LogP contribution in [0.4, 0.5) is 10.1 Å². The van der Waals surface area contributed by atoms with Crippen LogP contribution in [0, 0.1) is 5.82 Å². The van der Waals surface area contributed by atoms with Crippen LogP contribution in [-0.4, -0.2) is 22.9 Å². The van der Waals surface area contributed by atoms with E-state index in [1.54, 1.807) is 17.9 Å². The first kappa shape index (κ1) is 15.9. The standard InChI is InChI=1S/C15H13BrFN3O2S/c1-20-7-9-3-10(5-11(17)13(9)19-20)18-6-8-4-12(16)23-14(8)15(21)22-2/h3-5,7,18H,6H2,1-2H3. The molecule has 8 heteroatoms. The molecule has 0 aliphatic carbocycles. The quantitative estimate of drug-likeness (QED) is 0.677. The van der Waals surface area contributed by atoms with E-state index in [2.05, 4.69) is 26.3 Å². The Kier molecular flexibility index (Phi) is 4.36. The Hall–Kier alpha value is -1.93. The number of fused-ring (bicyclic) bond motifs is 1. The van der Waals surface area contributed by atoms with Gasteiger partial charge >= 0.3 is 5.97 Å². The van der Waals surface area contributed by atoms with Gasteiger partial charge in [0.1, 0.15) is 10.4 Å². The highest BCUT2D eigenvalue weighted by molar-refractivity contribution is 9.11. The van der Waals surface area contributed by atoms with Crippen molar-refractivity contribution in [2.75, 3.05) is 12.4 Å². The number of hydrogen-bond donors (Lipinski definition) is 1. The maximum absolute atomic E-state index is 14.1. The van der Waals surface area contributed by atoms with Crippen molar-refractivity contribution in [2.24, 2.45) is 7.05 Å². The molecule has 0 atom stereocenters. The average Bonchev–Trinajstić information content (AvgIpc) is 3.06. The molecular weight excluding hydrogens is 385 g/mol. The van der Waals surface area contributed by atoms with E-state index in [0.29, 0.717) is 22.6 Å². The lowest BCUT2D eigenvalue weighted by Gasteiger charge is -2.07. The zero-order valence-electron chi connectivity index (χ0n) is 12.4. The van der Waals surface area contributed by atoms with Crippen molar-refractivity contribution in [3.63, 3.8) is 0 Å². The first-order valence-corrected chi connectivity index (χ1v) is 8.32. The smallest absolute Gasteiger partial charge is 0.348 e. The highest BCUT2D eigenvalue weighted by Gasteiger charge is 2.16. The number of thiophene rings is 1. The number of aromatic nitrogens is 2. The summed E-state index contributed by atoms with van der Waals surface area (Å²) in [5, 5.41) is 7.93. The summed E-state index contributed by atoms with van der Waals surface area (Å²) in [5.41, 5.74) is 1.76. The van der Waals surface area contributed by atoms with Crippen LogP contribution >= 0.6 is 27.3 Å². The number of carbonyl (C=O) groups is 1. The lowest BCUT2D eigenvalue weighted by atomic mass is 10.2. The van der Waals surface area contributed by atoms with E-state index in [4.69, 9.17) is 4.74 Å². The van der Waals surface area contributed by atoms with E-state index in [1.807, 2.05) is 12.1 Å². The van der Waals surface area contributed by atoms with E-state index < -0.39 is 0 Å². The number of aryl methyl sites for hydroxylation is 1. The lowest BCUT2D eigenvalue weighted by Crippen LogP contribution is -2.06. The van der Waals surface area contributed by atoms with E-state index >= 15 is 0 Å². The number of ether oxygens (including phenoxy) is 1. The Labute approximate surface area is 144 Å². The second-order valence-electron chi connectivity index (χ2n) is 4.95. The molecule has 5 nitrogen and oxygen atoms in total. The van der Waals surface area contributed by atoms with Crippen molar-refractivity contribution < 1.29 is 13.9 Å². The molecule has 2 heterocycles. The first-order valence-electron chi connectivity index (χ1n) is 6.71. The summed E-state index contributed by atoms with van der Waals surface area (Å²) in [6.07, 6.45) is 1.75. The monoisotopic (exact) mass is 397 g/mol. The molecule has 120 valence electrons. The molecule has 2 aromatic heterocycles. The Morgan fingerprint density at radius 3 is 3.00 bits per heavy atom. The maximum atomic E-state index is 14.1. The van der Waals surface area contributed by atoms with Gasteiger partial charge < -0.3 is 10.1 Å². The van der Waals surface area contributed by atoms with Crippen LogP contribution in [0.5, 0.6) is 0 Å². The van der Waals surface area contributed by atoms with Gasteiger partial charge in [0, 0.05) is 30.9 Å². The number of hydrogen-bond acceptors (Lipinski definition) is 5. The molecule has 0 amide bonds. The molecule has 0 saturated carbocycles. The van der Waals surface area contributed by atoms with Crippen molar-refractivity contribution in [1.82, 2.24) is 9.78 Å².